The first kappa shape index (κ1) is 15.7. The maximum Gasteiger partial charge on any atom is 1.00 e. The van der Waals surface area contributed by atoms with Gasteiger partial charge in [-0.2, -0.15) is 0 Å². The molecule has 0 radical (unpaired) electrons. The Morgan fingerprint density at radius 3 is 1.00 bits per heavy atom. The van der Waals surface area contributed by atoms with Gasteiger partial charge in [0.25, 0.3) is 0 Å². The van der Waals surface area contributed by atoms with Crippen LogP contribution in [0, 0.1) is 32.2 Å². The second kappa shape index (κ2) is 10.0. The molecule has 0 aliphatic heterocycles. The van der Waals surface area contributed by atoms with Gasteiger partial charge in [0.05, 0.1) is 0 Å². The fourth-order valence-electron chi connectivity index (χ4n) is 0. The molecule has 0 bridgehead atoms. The predicted octanol–water partition coefficient (Wildman–Crippen LogP) is -1.91. The van der Waals surface area contributed by atoms with Crippen LogP contribution in [0.2, 0.25) is 0 Å². The van der Waals surface area contributed by atoms with Crippen molar-refractivity contribution in [1.29, 1.82) is 0 Å². The fourth-order valence-corrected chi connectivity index (χ4v) is 0. The minimum absolute atomic E-state index is 0. The van der Waals surface area contributed by atoms with Crippen LogP contribution in [0.5, 0.6) is 0 Å². The van der Waals surface area contributed by atoms with Crippen LogP contribution in [-0.4, -0.2) is 5.48 Å². The molecule has 0 amide bonds. The van der Waals surface area contributed by atoms with E-state index in [4.69, 9.17) is 0 Å². The molecule has 1 N–H and O–H groups in total. The average molecular weight is 236 g/mol. The summed E-state index contributed by atoms with van der Waals surface area (Å²) in [5, 5.41) is 0. The second-order valence-corrected chi connectivity index (χ2v) is 1.80. The minimum atomic E-state index is -5.22. The van der Waals surface area contributed by atoms with Crippen LogP contribution in [0.25, 0.3) is 0 Å². The maximum absolute atomic E-state index is 9.89. The first-order chi connectivity index (χ1) is 1.73. The molecular formula is HF3LaNaO. The Morgan fingerprint density at radius 1 is 1.00 bits per heavy atom. The Kier molecular flexibility index (Phi) is 26.2. The van der Waals surface area contributed by atoms with E-state index in [-0.39, 0.29) is 35.0 Å². The summed E-state index contributed by atoms with van der Waals surface area (Å²) in [4.78, 5) is 0. The molecule has 0 rings (SSSR count). The zero-order valence-corrected chi connectivity index (χ0v) is 8.78. The second-order valence-electron chi connectivity index (χ2n) is 0.247. The van der Waals surface area contributed by atoms with E-state index in [2.05, 4.69) is 0 Å². The van der Waals surface area contributed by atoms with Crippen molar-refractivity contribution in [2.45, 2.75) is 0 Å². The molecule has 1 nitrogen and oxygen atoms in total. The van der Waals surface area contributed by atoms with Gasteiger partial charge in [-0.3, -0.25) is 0 Å². The number of rotatable bonds is 0. The van der Waals surface area contributed by atoms with E-state index in [0.29, 0.717) is 0 Å². The van der Waals surface area contributed by atoms with Gasteiger partial charge in [0.2, 0.25) is 0 Å². The van der Waals surface area contributed by atoms with Crippen molar-refractivity contribution in [1.82, 2.24) is 0 Å². The van der Waals surface area contributed by atoms with Crippen LogP contribution in [0.15, 0.2) is 0 Å². The van der Waals surface area contributed by atoms with Gasteiger partial charge < -0.3 is 5.48 Å². The number of hydrogen-bond acceptors (Lipinski definition) is 1. The summed E-state index contributed by atoms with van der Waals surface area (Å²) < 4.78 is 29.7. The van der Waals surface area contributed by atoms with Gasteiger partial charge in [0, 0.05) is 0 Å². The summed E-state index contributed by atoms with van der Waals surface area (Å²) >= 11 is -5.22. The van der Waals surface area contributed by atoms with Gasteiger partial charge in [-0.05, 0) is 0 Å². The van der Waals surface area contributed by atoms with Gasteiger partial charge in [-0.1, -0.05) is 0 Å². The van der Waals surface area contributed by atoms with Crippen molar-refractivity contribution in [3.63, 3.8) is 0 Å². The normalized spacial score (nSPS) is 4.50. The van der Waals surface area contributed by atoms with E-state index in [1.807, 2.05) is 0 Å². The molecular weight excluding hydrogens is 235 g/mol. The van der Waals surface area contributed by atoms with Crippen LogP contribution >= 0.6 is 0 Å². The SMILES string of the molecule is [F][La]([F])[F].[Na+].[OH-]. The van der Waals surface area contributed by atoms with E-state index in [0.717, 1.165) is 0 Å². The first-order valence-electron chi connectivity index (χ1n) is 0.655. The van der Waals surface area contributed by atoms with Crippen molar-refractivity contribution < 1.29 is 72.1 Å². The summed E-state index contributed by atoms with van der Waals surface area (Å²) in [7, 11) is 0. The zero-order valence-electron chi connectivity index (χ0n) is 3.16. The quantitative estimate of drug-likeness (QED) is 0.451. The van der Waals surface area contributed by atoms with Crippen LogP contribution in [0.4, 0.5) is 4.81 Å². The van der Waals surface area contributed by atoms with Crippen molar-refractivity contribution >= 4 is 0 Å². The molecule has 0 saturated heterocycles. The number of hydrogen-bond donors (Lipinski definition) is 0. The molecule has 0 aromatic rings. The Labute approximate surface area is 70.9 Å². The van der Waals surface area contributed by atoms with Gasteiger partial charge in [-0.25, -0.2) is 0 Å². The molecule has 0 aromatic carbocycles. The third-order valence-corrected chi connectivity index (χ3v) is 0. The molecule has 32 valence electrons. The summed E-state index contributed by atoms with van der Waals surface area (Å²) in [5.41, 5.74) is 0. The van der Waals surface area contributed by atoms with Crippen LogP contribution < -0.4 is 29.6 Å². The van der Waals surface area contributed by atoms with Crippen molar-refractivity contribution in [2.24, 2.45) is 0 Å². The topological polar surface area (TPSA) is 30.0 Å². The molecule has 0 aliphatic carbocycles. The molecule has 0 fully saturated rings. The summed E-state index contributed by atoms with van der Waals surface area (Å²) in [6.07, 6.45) is 0. The standard InChI is InChI=1S/3FH.La.Na.H2O/h3*1H;;;1H2/q;;;+3;+1;/p-4. The molecule has 0 heterocycles. The fraction of sp³-hybridized carbons (Fsp3) is 0. The van der Waals surface area contributed by atoms with Gasteiger partial charge in [-0.15, -0.1) is 0 Å². The third kappa shape index (κ3) is 38.4. The van der Waals surface area contributed by atoms with E-state index >= 15 is 0 Å². The number of halogens is 3. The predicted molar refractivity (Wildman–Crippen MR) is 5.26 cm³/mol. The van der Waals surface area contributed by atoms with Crippen LogP contribution in [0.1, 0.15) is 0 Å². The monoisotopic (exact) mass is 236 g/mol. The molecule has 6 heteroatoms. The van der Waals surface area contributed by atoms with E-state index in [9.17, 15) is 4.81 Å². The minimum Gasteiger partial charge on any atom is -0.870 e. The van der Waals surface area contributed by atoms with Gasteiger partial charge in [0.1, 0.15) is 0 Å². The van der Waals surface area contributed by atoms with E-state index in [1.165, 1.54) is 0 Å². The third-order valence-electron chi connectivity index (χ3n) is 0. The molecule has 0 spiro atoms. The average Bonchev–Trinajstić information content (AvgIpc) is 0.811. The van der Waals surface area contributed by atoms with E-state index in [1.54, 1.807) is 0 Å². The van der Waals surface area contributed by atoms with Crippen LogP contribution in [0.3, 0.4) is 0 Å². The van der Waals surface area contributed by atoms with Gasteiger partial charge >= 0.3 is 66.6 Å². The summed E-state index contributed by atoms with van der Waals surface area (Å²) in [5.74, 6) is 0. The smallest absolute Gasteiger partial charge is 0.870 e. The molecule has 0 saturated carbocycles. The maximum atomic E-state index is 9.89. The Morgan fingerprint density at radius 2 is 1.00 bits per heavy atom. The largest absolute Gasteiger partial charge is 1.00 e. The molecule has 0 unspecified atom stereocenters. The summed E-state index contributed by atoms with van der Waals surface area (Å²) in [6.45, 7) is 0. The van der Waals surface area contributed by atoms with Crippen molar-refractivity contribution in [3.05, 3.63) is 0 Å². The van der Waals surface area contributed by atoms with E-state index < -0.39 is 32.2 Å². The Balaban J connectivity index is -0.0000000450. The van der Waals surface area contributed by atoms with Crippen molar-refractivity contribution in [3.8, 4) is 0 Å². The van der Waals surface area contributed by atoms with Crippen LogP contribution in [-0.2, 0) is 0 Å². The summed E-state index contributed by atoms with van der Waals surface area (Å²) in [6, 6.07) is 0. The molecule has 0 aliphatic rings. The first-order valence-corrected chi connectivity index (χ1v) is 4.77. The Hall–Kier alpha value is 1.94. The molecule has 0 atom stereocenters. The molecule has 0 aromatic heterocycles. The van der Waals surface area contributed by atoms with Gasteiger partial charge in [0.15, 0.2) is 0 Å². The molecule has 6 heavy (non-hydrogen) atoms. The zero-order chi connectivity index (χ0) is 3.58. The Bertz CT molecular complexity index is 15.5. The van der Waals surface area contributed by atoms with Crippen molar-refractivity contribution in [2.75, 3.05) is 0 Å².